The lowest BCUT2D eigenvalue weighted by molar-refractivity contribution is -0.131. The average molecular weight is 385 g/mol. The minimum atomic E-state index is -0.331. The van der Waals surface area contributed by atoms with Crippen LogP contribution < -0.4 is 4.74 Å². The molecule has 0 bridgehead atoms. The second-order valence-corrected chi connectivity index (χ2v) is 6.58. The molecule has 5 heteroatoms. The summed E-state index contributed by atoms with van der Waals surface area (Å²) in [6.07, 6.45) is 0.617. The number of hydrogen-bond acceptors (Lipinski definition) is 4. The van der Waals surface area contributed by atoms with Gasteiger partial charge in [-0.2, -0.15) is 0 Å². The number of aromatic amines is 1. The Hall–Kier alpha value is -2.66. The largest absolute Gasteiger partial charge is 0.426 e. The number of fused-ring (bicyclic) bond motifs is 3. The molecule has 0 aliphatic carbocycles. The lowest BCUT2D eigenvalue weighted by Gasteiger charge is -2.14. The van der Waals surface area contributed by atoms with Gasteiger partial charge in [-0.15, -0.1) is 0 Å². The van der Waals surface area contributed by atoms with Gasteiger partial charge in [-0.3, -0.25) is 4.79 Å². The van der Waals surface area contributed by atoms with E-state index in [1.807, 2.05) is 45.0 Å². The molecule has 0 aliphatic heterocycles. The quantitative estimate of drug-likeness (QED) is 0.353. The van der Waals surface area contributed by atoms with E-state index in [9.17, 15) is 4.79 Å². The van der Waals surface area contributed by atoms with Crippen LogP contribution in [0.2, 0.25) is 0 Å². The van der Waals surface area contributed by atoms with Gasteiger partial charge in [0, 0.05) is 36.3 Å². The lowest BCUT2D eigenvalue weighted by Crippen LogP contribution is -2.06. The molecule has 5 nitrogen and oxygen atoms in total. The molecule has 0 spiro atoms. The summed E-state index contributed by atoms with van der Waals surface area (Å²) in [6, 6.07) is 7.93. The number of carbonyl (C=O) groups is 1. The predicted molar refractivity (Wildman–Crippen MR) is 117 cm³/mol. The average Bonchev–Trinajstić information content (AvgIpc) is 3.13. The third-order valence-corrected chi connectivity index (χ3v) is 3.99. The number of benzene rings is 2. The van der Waals surface area contributed by atoms with Crippen LogP contribution in [-0.4, -0.2) is 28.2 Å². The van der Waals surface area contributed by atoms with Gasteiger partial charge in [0.2, 0.25) is 0 Å². The molecular weight excluding hydrogens is 352 g/mol. The van der Waals surface area contributed by atoms with E-state index in [2.05, 4.69) is 25.4 Å². The van der Waals surface area contributed by atoms with Crippen molar-refractivity contribution >= 4 is 27.8 Å². The van der Waals surface area contributed by atoms with Crippen molar-refractivity contribution in [3.05, 3.63) is 47.8 Å². The third-order valence-electron chi connectivity index (χ3n) is 3.99. The number of rotatable bonds is 4. The second-order valence-electron chi connectivity index (χ2n) is 6.58. The molecule has 3 rings (SSSR count). The first-order chi connectivity index (χ1) is 13.4. The Morgan fingerprint density at radius 1 is 1.18 bits per heavy atom. The van der Waals surface area contributed by atoms with Crippen LogP contribution in [0.15, 0.2) is 36.4 Å². The summed E-state index contributed by atoms with van der Waals surface area (Å²) >= 11 is 0. The van der Waals surface area contributed by atoms with Gasteiger partial charge in [0.25, 0.3) is 0 Å². The Morgan fingerprint density at radius 3 is 2.25 bits per heavy atom. The standard InChI is InChI=1S/C20H22N2O2.C2H6.CH4O/c1-11(2)10-16-18-17(21-20(22-18)12(3)4)14-8-6-7-9-15(14)19(16)24-13(5)23;2*1-2/h6-9,12H,1,10H2,2-5H3,(H,21,22);1-2H3;2H,1H3. The molecule has 2 N–H and O–H groups in total. The molecule has 0 fully saturated rings. The molecule has 1 heterocycles. The summed E-state index contributed by atoms with van der Waals surface area (Å²) in [5.41, 5.74) is 3.75. The van der Waals surface area contributed by atoms with Crippen LogP contribution in [0.4, 0.5) is 0 Å². The number of esters is 1. The van der Waals surface area contributed by atoms with Gasteiger partial charge in [0.05, 0.1) is 11.0 Å². The Kier molecular flexibility index (Phi) is 8.86. The Balaban J connectivity index is 0.000000921. The lowest BCUT2D eigenvalue weighted by atomic mass is 9.98. The van der Waals surface area contributed by atoms with E-state index >= 15 is 0 Å². The van der Waals surface area contributed by atoms with Crippen molar-refractivity contribution in [1.82, 2.24) is 9.97 Å². The van der Waals surface area contributed by atoms with Crippen molar-refractivity contribution in [1.29, 1.82) is 0 Å². The first-order valence-electron chi connectivity index (χ1n) is 9.59. The maximum Gasteiger partial charge on any atom is 0.308 e. The van der Waals surface area contributed by atoms with Gasteiger partial charge >= 0.3 is 5.97 Å². The molecule has 0 radical (unpaired) electrons. The molecule has 28 heavy (non-hydrogen) atoms. The van der Waals surface area contributed by atoms with E-state index in [-0.39, 0.29) is 11.9 Å². The highest BCUT2D eigenvalue weighted by Gasteiger charge is 2.20. The fourth-order valence-corrected chi connectivity index (χ4v) is 2.97. The van der Waals surface area contributed by atoms with Gasteiger partial charge in [-0.05, 0) is 13.3 Å². The van der Waals surface area contributed by atoms with E-state index in [1.54, 1.807) is 0 Å². The van der Waals surface area contributed by atoms with E-state index in [0.717, 1.165) is 45.9 Å². The van der Waals surface area contributed by atoms with Gasteiger partial charge in [-0.25, -0.2) is 4.98 Å². The minimum absolute atomic E-state index is 0.283. The summed E-state index contributed by atoms with van der Waals surface area (Å²) in [6.45, 7) is 15.6. The minimum Gasteiger partial charge on any atom is -0.426 e. The van der Waals surface area contributed by atoms with Crippen LogP contribution in [0.1, 0.15) is 58.8 Å². The van der Waals surface area contributed by atoms with Gasteiger partial charge in [-0.1, -0.05) is 64.1 Å². The number of ether oxygens (including phenoxy) is 1. The number of allylic oxidation sites excluding steroid dienone is 1. The summed E-state index contributed by atoms with van der Waals surface area (Å²) in [5, 5.41) is 8.92. The van der Waals surface area contributed by atoms with E-state index in [4.69, 9.17) is 14.8 Å². The number of aliphatic hydroxyl groups excluding tert-OH is 1. The van der Waals surface area contributed by atoms with E-state index in [0.29, 0.717) is 12.2 Å². The zero-order chi connectivity index (χ0) is 21.4. The molecule has 3 aromatic rings. The molecule has 2 aromatic carbocycles. The van der Waals surface area contributed by atoms with Gasteiger partial charge in [0.15, 0.2) is 0 Å². The number of carbonyl (C=O) groups excluding carboxylic acids is 1. The van der Waals surface area contributed by atoms with Crippen LogP contribution in [0.3, 0.4) is 0 Å². The predicted octanol–water partition coefficient (Wildman–Crippen LogP) is 5.52. The normalized spacial score (nSPS) is 10.2. The highest BCUT2D eigenvalue weighted by Crippen LogP contribution is 2.39. The van der Waals surface area contributed by atoms with Crippen LogP contribution in [0.25, 0.3) is 21.8 Å². The summed E-state index contributed by atoms with van der Waals surface area (Å²) < 4.78 is 5.60. The number of imidazole rings is 1. The van der Waals surface area contributed by atoms with Crippen molar-refractivity contribution in [2.45, 2.75) is 53.9 Å². The summed E-state index contributed by atoms with van der Waals surface area (Å²) in [5.74, 6) is 1.47. The third kappa shape index (κ3) is 4.98. The first-order valence-corrected chi connectivity index (χ1v) is 9.59. The van der Waals surface area contributed by atoms with Crippen LogP contribution in [0, 0.1) is 0 Å². The topological polar surface area (TPSA) is 75.2 Å². The number of H-pyrrole nitrogens is 1. The van der Waals surface area contributed by atoms with Crippen molar-refractivity contribution in [2.24, 2.45) is 0 Å². The fourth-order valence-electron chi connectivity index (χ4n) is 2.97. The van der Waals surface area contributed by atoms with Crippen LogP contribution in [-0.2, 0) is 11.2 Å². The zero-order valence-electron chi connectivity index (χ0n) is 18.0. The molecule has 152 valence electrons. The number of nitrogens with zero attached hydrogens (tertiary/aromatic N) is 1. The van der Waals surface area contributed by atoms with E-state index < -0.39 is 0 Å². The molecule has 0 saturated heterocycles. The van der Waals surface area contributed by atoms with Gasteiger partial charge in [0.1, 0.15) is 11.6 Å². The fraction of sp³-hybridized carbons (Fsp3) is 0.391. The summed E-state index contributed by atoms with van der Waals surface area (Å²) in [4.78, 5) is 19.9. The number of aliphatic hydroxyl groups is 1. The van der Waals surface area contributed by atoms with Crippen molar-refractivity contribution in [3.8, 4) is 5.75 Å². The van der Waals surface area contributed by atoms with E-state index in [1.165, 1.54) is 6.92 Å². The van der Waals surface area contributed by atoms with Crippen LogP contribution in [0.5, 0.6) is 5.75 Å². The molecule has 0 unspecified atom stereocenters. The maximum absolute atomic E-state index is 11.7. The van der Waals surface area contributed by atoms with Crippen molar-refractivity contribution in [3.63, 3.8) is 0 Å². The Bertz CT molecular complexity index is 955. The smallest absolute Gasteiger partial charge is 0.308 e. The van der Waals surface area contributed by atoms with Crippen LogP contribution >= 0.6 is 0 Å². The maximum atomic E-state index is 11.7. The molecule has 0 saturated carbocycles. The molecule has 0 aliphatic rings. The first kappa shape index (κ1) is 23.4. The Morgan fingerprint density at radius 2 is 1.75 bits per heavy atom. The number of hydrogen-bond donors (Lipinski definition) is 2. The summed E-state index contributed by atoms with van der Waals surface area (Å²) in [7, 11) is 1.00. The highest BCUT2D eigenvalue weighted by molar-refractivity contribution is 6.10. The second kappa shape index (κ2) is 10.6. The number of aromatic nitrogens is 2. The van der Waals surface area contributed by atoms with Gasteiger partial charge < -0.3 is 14.8 Å². The number of nitrogens with one attached hydrogen (secondary N) is 1. The monoisotopic (exact) mass is 384 g/mol. The molecule has 0 atom stereocenters. The zero-order valence-corrected chi connectivity index (χ0v) is 18.0. The highest BCUT2D eigenvalue weighted by atomic mass is 16.5. The van der Waals surface area contributed by atoms with Crippen molar-refractivity contribution < 1.29 is 14.6 Å². The molecular formula is C23H32N2O3. The SMILES string of the molecule is C=C(C)Cc1c(OC(C)=O)c2ccccc2c2[nH]c(C(C)C)nc12.CC.CO. The molecule has 1 aromatic heterocycles. The van der Waals surface area contributed by atoms with Crippen molar-refractivity contribution in [2.75, 3.05) is 7.11 Å². The Labute approximate surface area is 167 Å². The molecule has 0 amide bonds.